The third-order valence-electron chi connectivity index (χ3n) is 5.11. The lowest BCUT2D eigenvalue weighted by Crippen LogP contribution is -2.44. The Morgan fingerprint density at radius 3 is 2.59 bits per heavy atom. The lowest BCUT2D eigenvalue weighted by molar-refractivity contribution is 0.196. The first-order valence-electron chi connectivity index (χ1n) is 10.2. The molecule has 0 spiro atoms. The van der Waals surface area contributed by atoms with Gasteiger partial charge >= 0.3 is 0 Å². The largest absolute Gasteiger partial charge is 0.493 e. The first-order chi connectivity index (χ1) is 13.2. The minimum atomic E-state index is -0.0207. The molecule has 0 atom stereocenters. The highest BCUT2D eigenvalue weighted by Crippen LogP contribution is 2.28. The van der Waals surface area contributed by atoms with E-state index in [0.29, 0.717) is 24.1 Å². The Morgan fingerprint density at radius 2 is 1.96 bits per heavy atom. The molecule has 0 aliphatic heterocycles. The van der Waals surface area contributed by atoms with E-state index >= 15 is 0 Å². The Bertz CT molecular complexity index is 584. The fourth-order valence-electron chi connectivity index (χ4n) is 3.48. The maximum Gasteiger partial charge on any atom is 0.191 e. The van der Waals surface area contributed by atoms with Crippen molar-refractivity contribution in [3.05, 3.63) is 23.8 Å². The van der Waals surface area contributed by atoms with E-state index in [9.17, 15) is 0 Å². The standard InChI is InChI=1S/C21H35N3O3/c1-4-16-6-9-18(10-7-16)24-21(22-5-2)23-15-17-8-11-19(27-13-12-25)20(14-17)26-3/h8,11,14,16,18,25H,4-7,9-10,12-13,15H2,1-3H3,(H2,22,23,24). The first-order valence-corrected chi connectivity index (χ1v) is 10.2. The average Bonchev–Trinajstić information content (AvgIpc) is 2.71. The van der Waals surface area contributed by atoms with Crippen LogP contribution in [0.1, 0.15) is 51.5 Å². The lowest BCUT2D eigenvalue weighted by atomic mass is 9.84. The van der Waals surface area contributed by atoms with Crippen LogP contribution in [-0.4, -0.2) is 44.0 Å². The van der Waals surface area contributed by atoms with E-state index in [1.807, 2.05) is 18.2 Å². The molecule has 1 saturated carbocycles. The van der Waals surface area contributed by atoms with Crippen molar-refractivity contribution in [2.24, 2.45) is 10.9 Å². The predicted octanol–water partition coefficient (Wildman–Crippen LogP) is 3.09. The fourth-order valence-corrected chi connectivity index (χ4v) is 3.48. The lowest BCUT2D eigenvalue weighted by Gasteiger charge is -2.29. The quantitative estimate of drug-likeness (QED) is 0.455. The Morgan fingerprint density at radius 1 is 1.19 bits per heavy atom. The molecule has 27 heavy (non-hydrogen) atoms. The van der Waals surface area contributed by atoms with Crippen LogP contribution in [0.2, 0.25) is 0 Å². The van der Waals surface area contributed by atoms with Crippen LogP contribution < -0.4 is 20.1 Å². The summed E-state index contributed by atoms with van der Waals surface area (Å²) >= 11 is 0. The van der Waals surface area contributed by atoms with Gasteiger partial charge in [0.25, 0.3) is 0 Å². The fraction of sp³-hybridized carbons (Fsp3) is 0.667. The number of hydrogen-bond acceptors (Lipinski definition) is 4. The highest BCUT2D eigenvalue weighted by Gasteiger charge is 2.20. The van der Waals surface area contributed by atoms with E-state index < -0.39 is 0 Å². The molecule has 1 fully saturated rings. The first kappa shape index (κ1) is 21.4. The van der Waals surface area contributed by atoms with Gasteiger partial charge in [-0.05, 0) is 56.2 Å². The Labute approximate surface area is 163 Å². The van der Waals surface area contributed by atoms with Crippen molar-refractivity contribution in [2.75, 3.05) is 26.9 Å². The summed E-state index contributed by atoms with van der Waals surface area (Å²) in [6.07, 6.45) is 6.34. The van der Waals surface area contributed by atoms with Gasteiger partial charge in [0.05, 0.1) is 20.3 Å². The number of benzene rings is 1. The summed E-state index contributed by atoms with van der Waals surface area (Å²) in [4.78, 5) is 4.74. The van der Waals surface area contributed by atoms with Gasteiger partial charge in [-0.2, -0.15) is 0 Å². The second-order valence-electron chi connectivity index (χ2n) is 7.02. The summed E-state index contributed by atoms with van der Waals surface area (Å²) in [6, 6.07) is 6.29. The SMILES string of the molecule is CCNC(=NCc1ccc(OCCO)c(OC)c1)NC1CCC(CC)CC1. The van der Waals surface area contributed by atoms with Crippen molar-refractivity contribution in [1.29, 1.82) is 0 Å². The smallest absolute Gasteiger partial charge is 0.191 e. The molecule has 1 aromatic carbocycles. The summed E-state index contributed by atoms with van der Waals surface area (Å²) in [6.45, 7) is 6.01. The Balaban J connectivity index is 1.97. The molecule has 6 heteroatoms. The van der Waals surface area contributed by atoms with Crippen molar-refractivity contribution in [3.8, 4) is 11.5 Å². The molecule has 1 aliphatic carbocycles. The molecular formula is C21H35N3O3. The van der Waals surface area contributed by atoms with Gasteiger partial charge in [0.1, 0.15) is 6.61 Å². The number of aliphatic imine (C=N–C) groups is 1. The molecule has 1 aromatic rings. The van der Waals surface area contributed by atoms with Crippen LogP contribution in [0.4, 0.5) is 0 Å². The third-order valence-corrected chi connectivity index (χ3v) is 5.11. The van der Waals surface area contributed by atoms with Crippen LogP contribution in [0.25, 0.3) is 0 Å². The van der Waals surface area contributed by atoms with E-state index in [4.69, 9.17) is 19.6 Å². The monoisotopic (exact) mass is 377 g/mol. The molecule has 0 bridgehead atoms. The topological polar surface area (TPSA) is 75.1 Å². The molecule has 1 aliphatic rings. The molecule has 0 heterocycles. The van der Waals surface area contributed by atoms with Gasteiger partial charge in [0.15, 0.2) is 17.5 Å². The van der Waals surface area contributed by atoms with Crippen molar-refractivity contribution < 1.29 is 14.6 Å². The number of hydrogen-bond donors (Lipinski definition) is 3. The van der Waals surface area contributed by atoms with Crippen molar-refractivity contribution in [1.82, 2.24) is 10.6 Å². The number of aliphatic hydroxyl groups is 1. The summed E-state index contributed by atoms with van der Waals surface area (Å²) < 4.78 is 10.9. The van der Waals surface area contributed by atoms with Crippen LogP contribution in [0.5, 0.6) is 11.5 Å². The molecule has 0 aromatic heterocycles. The summed E-state index contributed by atoms with van der Waals surface area (Å²) in [5.41, 5.74) is 1.05. The van der Waals surface area contributed by atoms with E-state index in [-0.39, 0.29) is 13.2 Å². The highest BCUT2D eigenvalue weighted by atomic mass is 16.5. The molecular weight excluding hydrogens is 342 g/mol. The van der Waals surface area contributed by atoms with Crippen LogP contribution >= 0.6 is 0 Å². The van der Waals surface area contributed by atoms with E-state index in [1.54, 1.807) is 7.11 Å². The average molecular weight is 378 g/mol. The molecule has 0 unspecified atom stereocenters. The molecule has 0 radical (unpaired) electrons. The molecule has 0 amide bonds. The normalized spacial score (nSPS) is 20.2. The number of nitrogens with zero attached hydrogens (tertiary/aromatic N) is 1. The van der Waals surface area contributed by atoms with Crippen molar-refractivity contribution in [2.45, 2.75) is 58.5 Å². The van der Waals surface area contributed by atoms with E-state index in [2.05, 4.69) is 24.5 Å². The molecule has 0 saturated heterocycles. The molecule has 2 rings (SSSR count). The van der Waals surface area contributed by atoms with Gasteiger partial charge in [0, 0.05) is 12.6 Å². The number of nitrogens with one attached hydrogen (secondary N) is 2. The Kier molecular flexibility index (Phi) is 9.25. The van der Waals surface area contributed by atoms with Gasteiger partial charge in [-0.1, -0.05) is 19.4 Å². The molecule has 3 N–H and O–H groups in total. The zero-order chi connectivity index (χ0) is 19.5. The molecule has 6 nitrogen and oxygen atoms in total. The van der Waals surface area contributed by atoms with Crippen LogP contribution in [0, 0.1) is 5.92 Å². The van der Waals surface area contributed by atoms with Gasteiger partial charge in [-0.15, -0.1) is 0 Å². The highest BCUT2D eigenvalue weighted by molar-refractivity contribution is 5.80. The maximum atomic E-state index is 8.91. The van der Waals surface area contributed by atoms with Crippen LogP contribution in [-0.2, 0) is 6.54 Å². The minimum Gasteiger partial charge on any atom is -0.493 e. The van der Waals surface area contributed by atoms with E-state index in [1.165, 1.54) is 32.1 Å². The number of aliphatic hydroxyl groups excluding tert-OH is 1. The van der Waals surface area contributed by atoms with Gasteiger partial charge in [0.2, 0.25) is 0 Å². The number of guanidine groups is 1. The van der Waals surface area contributed by atoms with Gasteiger partial charge in [-0.3, -0.25) is 0 Å². The zero-order valence-electron chi connectivity index (χ0n) is 17.0. The number of methoxy groups -OCH3 is 1. The van der Waals surface area contributed by atoms with Gasteiger partial charge < -0.3 is 25.2 Å². The second kappa shape index (κ2) is 11.7. The van der Waals surface area contributed by atoms with Crippen LogP contribution in [0.3, 0.4) is 0 Å². The van der Waals surface area contributed by atoms with Crippen LogP contribution in [0.15, 0.2) is 23.2 Å². The Hall–Kier alpha value is -1.95. The minimum absolute atomic E-state index is 0.0207. The van der Waals surface area contributed by atoms with Crippen molar-refractivity contribution in [3.63, 3.8) is 0 Å². The van der Waals surface area contributed by atoms with E-state index in [0.717, 1.165) is 24.0 Å². The number of rotatable bonds is 9. The zero-order valence-corrected chi connectivity index (χ0v) is 17.0. The molecule has 152 valence electrons. The summed E-state index contributed by atoms with van der Waals surface area (Å²) in [5.74, 6) is 3.06. The summed E-state index contributed by atoms with van der Waals surface area (Å²) in [5, 5.41) is 15.9. The second-order valence-corrected chi connectivity index (χ2v) is 7.02. The van der Waals surface area contributed by atoms with Crippen molar-refractivity contribution >= 4 is 5.96 Å². The third kappa shape index (κ3) is 6.94. The predicted molar refractivity (Wildman–Crippen MR) is 110 cm³/mol. The van der Waals surface area contributed by atoms with Gasteiger partial charge in [-0.25, -0.2) is 4.99 Å². The number of ether oxygens (including phenoxy) is 2. The maximum absolute atomic E-state index is 8.91. The summed E-state index contributed by atoms with van der Waals surface area (Å²) in [7, 11) is 1.62.